The minimum Gasteiger partial charge on any atom is -0.379 e. The van der Waals surface area contributed by atoms with Gasteiger partial charge in [-0.15, -0.1) is 0 Å². The molecule has 5 saturated heterocycles. The second-order valence-corrected chi connectivity index (χ2v) is 29.9. The van der Waals surface area contributed by atoms with Crippen molar-refractivity contribution in [3.8, 4) is 0 Å². The first-order valence-electron chi connectivity index (χ1n) is 39.1. The van der Waals surface area contributed by atoms with E-state index in [4.69, 9.17) is 0 Å². The smallest absolute Gasteiger partial charge is 0.379 e. The van der Waals surface area contributed by atoms with Crippen molar-refractivity contribution in [3.05, 3.63) is 245 Å². The predicted molar refractivity (Wildman–Crippen MR) is 434 cm³/mol. The fourth-order valence-electron chi connectivity index (χ4n) is 12.7. The number of hydrogen-bond acceptors (Lipinski definition) is 25. The SMILES string of the molecule is CC(=O)c1cnc(N2CCCCC2)nc1.CC(O)(c1cnc(N2CCCCC2)nc1)c1ccc(F)cn1.CC(O)(c1cnc(N2CCCCC2)nc1)c1ccc(F)cn1.C[C@@](O)(c1cnc(N2CCCCC2)nc1)c1ccc(F)cn1.C[C@](O)(c1cnc(N2CCCCC2)nc1)c1ccc(F)cn1.Fc1ccc(Br)nc1.[CH2-]CCC.[Li+]. The van der Waals surface area contributed by atoms with E-state index in [1.54, 1.807) is 95.7 Å². The summed E-state index contributed by atoms with van der Waals surface area (Å²) < 4.78 is 64.5. The zero-order chi connectivity index (χ0) is 82.4. The summed E-state index contributed by atoms with van der Waals surface area (Å²) in [6.45, 7) is 23.5. The van der Waals surface area contributed by atoms with Gasteiger partial charge in [0.1, 0.15) is 56.1 Å². The molecule has 4 atom stereocenters. The molecule has 0 radical (unpaired) electrons. The number of Topliss-reactive ketones (excluding diaryl/α,β-unsaturated/α-hetero) is 1. The summed E-state index contributed by atoms with van der Waals surface area (Å²) in [5, 5.41) is 42.7. The van der Waals surface area contributed by atoms with Gasteiger partial charge in [-0.25, -0.2) is 76.8 Å². The first-order chi connectivity index (χ1) is 55.3. The van der Waals surface area contributed by atoms with Crippen LogP contribution in [0.3, 0.4) is 0 Å². The third-order valence-electron chi connectivity index (χ3n) is 20.0. The Morgan fingerprint density at radius 2 is 0.526 bits per heavy atom. The summed E-state index contributed by atoms with van der Waals surface area (Å²) in [5.74, 6) is 1.46. The van der Waals surface area contributed by atoms with Gasteiger partial charge in [-0.1, -0.05) is 13.3 Å². The fourth-order valence-corrected chi connectivity index (χ4v) is 12.9. The summed E-state index contributed by atoms with van der Waals surface area (Å²) in [6, 6.07) is 13.9. The summed E-state index contributed by atoms with van der Waals surface area (Å²) in [6.07, 6.45) is 41.9. The second kappa shape index (κ2) is 45.2. The number of piperidine rings is 5. The Morgan fingerprint density at radius 1 is 0.336 bits per heavy atom. The molecule has 0 amide bonds. The van der Waals surface area contributed by atoms with Crippen LogP contribution in [0.1, 0.15) is 206 Å². The van der Waals surface area contributed by atoms with Gasteiger partial charge in [-0.05, 0) is 208 Å². The van der Waals surface area contributed by atoms with Crippen molar-refractivity contribution in [2.24, 2.45) is 0 Å². The van der Waals surface area contributed by atoms with Crippen molar-refractivity contribution in [3.63, 3.8) is 0 Å². The second-order valence-electron chi connectivity index (χ2n) is 29.0. The maximum absolute atomic E-state index is 13.0. The van der Waals surface area contributed by atoms with Crippen molar-refractivity contribution in [1.82, 2.24) is 74.8 Å². The van der Waals surface area contributed by atoms with Crippen LogP contribution in [0.25, 0.3) is 0 Å². The number of halogens is 6. The van der Waals surface area contributed by atoms with Crippen molar-refractivity contribution in [1.29, 1.82) is 0 Å². The first-order valence-corrected chi connectivity index (χ1v) is 39.9. The summed E-state index contributed by atoms with van der Waals surface area (Å²) in [7, 11) is 0. The summed E-state index contributed by atoms with van der Waals surface area (Å²) >= 11 is 3.07. The minimum absolute atomic E-state index is 0. The molecule has 10 aromatic heterocycles. The Morgan fingerprint density at radius 3 is 0.681 bits per heavy atom. The molecule has 32 heteroatoms. The molecule has 0 bridgehead atoms. The molecule has 612 valence electrons. The molecule has 15 heterocycles. The van der Waals surface area contributed by atoms with Gasteiger partial charge < -0.3 is 51.8 Å². The van der Waals surface area contributed by atoms with Gasteiger partial charge in [0, 0.05) is 150 Å². The maximum atomic E-state index is 13.0. The van der Waals surface area contributed by atoms with Crippen LogP contribution in [0, 0.1) is 36.0 Å². The molecule has 0 saturated carbocycles. The van der Waals surface area contributed by atoms with E-state index in [-0.39, 0.29) is 30.5 Å². The van der Waals surface area contributed by atoms with Gasteiger partial charge in [0.05, 0.1) is 59.3 Å². The topological polar surface area (TPSA) is 308 Å². The molecule has 4 N–H and O–H groups in total. The van der Waals surface area contributed by atoms with Crippen LogP contribution >= 0.6 is 15.9 Å². The fraction of sp³-hybridized carbons (Fsp3) is 0.440. The Labute approximate surface area is 696 Å². The van der Waals surface area contributed by atoms with E-state index < -0.39 is 45.7 Å². The van der Waals surface area contributed by atoms with E-state index in [0.29, 0.717) is 79.0 Å². The number of rotatable bonds is 15. The number of carbonyl (C=O) groups is 1. The maximum Gasteiger partial charge on any atom is 1.00 e. The van der Waals surface area contributed by atoms with Gasteiger partial charge >= 0.3 is 18.9 Å². The van der Waals surface area contributed by atoms with Crippen LogP contribution in [-0.2, 0) is 22.4 Å². The molecule has 5 fully saturated rings. The quantitative estimate of drug-likeness (QED) is 0.0244. The monoisotopic (exact) mass is 1650 g/mol. The van der Waals surface area contributed by atoms with Gasteiger partial charge in [0.2, 0.25) is 29.7 Å². The number of hydrogen-bond donors (Lipinski definition) is 4. The van der Waals surface area contributed by atoms with Gasteiger partial charge in [-0.2, -0.15) is 6.42 Å². The minimum atomic E-state index is -1.35. The Kier molecular flexibility index (Phi) is 35.8. The van der Waals surface area contributed by atoms with E-state index in [2.05, 4.69) is 129 Å². The summed E-state index contributed by atoms with van der Waals surface area (Å²) in [5.41, 5.74) is -1.24. The van der Waals surface area contributed by atoms with E-state index in [1.807, 2.05) is 0 Å². The van der Waals surface area contributed by atoms with Gasteiger partial charge in [0.15, 0.2) is 5.78 Å². The van der Waals surface area contributed by atoms with Gasteiger partial charge in [0.25, 0.3) is 0 Å². The van der Waals surface area contributed by atoms with E-state index in [1.165, 1.54) is 113 Å². The number of aliphatic hydroxyl groups is 4. The number of aromatic nitrogens is 15. The number of pyridine rings is 5. The van der Waals surface area contributed by atoms with Crippen LogP contribution < -0.4 is 43.4 Å². The molecule has 116 heavy (non-hydrogen) atoms. The molecule has 2 unspecified atom stereocenters. The zero-order valence-corrected chi connectivity index (χ0v) is 68.7. The number of anilines is 5. The Balaban J connectivity index is 0.000000175. The number of carbonyl (C=O) groups excluding carboxylic acids is 1. The third kappa shape index (κ3) is 27.0. The van der Waals surface area contributed by atoms with Crippen molar-refractivity contribution >= 4 is 51.5 Å². The number of ketones is 1. The average Bonchev–Trinajstić information content (AvgIpc) is 0.814. The molecule has 0 aromatic carbocycles. The Hall–Kier alpha value is -9.61. The molecule has 5 aliphatic rings. The largest absolute Gasteiger partial charge is 1.00 e. The normalized spacial score (nSPS) is 16.7. The van der Waals surface area contributed by atoms with Crippen molar-refractivity contribution in [2.75, 3.05) is 89.9 Å². The zero-order valence-electron chi connectivity index (χ0n) is 67.1. The van der Waals surface area contributed by atoms with E-state index in [9.17, 15) is 47.2 Å². The van der Waals surface area contributed by atoms with Crippen LogP contribution in [0.2, 0.25) is 0 Å². The van der Waals surface area contributed by atoms with E-state index in [0.717, 1.165) is 160 Å². The summed E-state index contributed by atoms with van der Waals surface area (Å²) in [4.78, 5) is 84.6. The molecule has 10 aromatic rings. The van der Waals surface area contributed by atoms with Gasteiger partial charge in [-0.3, -0.25) is 24.7 Å². The van der Waals surface area contributed by atoms with Crippen LogP contribution in [0.5, 0.6) is 0 Å². The van der Waals surface area contributed by atoms with Crippen LogP contribution in [0.4, 0.5) is 51.7 Å². The van der Waals surface area contributed by atoms with E-state index >= 15 is 0 Å². The molecule has 25 nitrogen and oxygen atoms in total. The van der Waals surface area contributed by atoms with Crippen LogP contribution in [-0.4, -0.2) is 166 Å². The molecule has 15 rings (SSSR count). The first kappa shape index (κ1) is 91.9. The van der Waals surface area contributed by atoms with Crippen molar-refractivity contribution in [2.45, 2.75) is 173 Å². The molecular formula is C84H103BrF5LiN20O5. The van der Waals surface area contributed by atoms with Crippen molar-refractivity contribution < 1.29 is 66.0 Å². The predicted octanol–water partition coefficient (Wildman–Crippen LogP) is 11.3. The average molecular weight is 1650 g/mol. The number of nitrogens with zero attached hydrogens (tertiary/aromatic N) is 20. The molecule has 5 aliphatic heterocycles. The third-order valence-corrected chi connectivity index (χ3v) is 20.5. The number of unbranched alkanes of at least 4 members (excludes halogenated alkanes) is 1. The van der Waals surface area contributed by atoms with Crippen LogP contribution in [0.15, 0.2) is 158 Å². The Bertz CT molecular complexity index is 4020. The standard InChI is InChI=1S/4C16H19FN4O.C11H15N3O.C5H3BrFN.C4H9.Li/c4*1-16(22,14-6-5-13(17)11-18-14)12-9-19-15(20-10-12)21-7-3-2-4-8-21;1-9(15)10-7-12-11(13-8-10)14-5-3-2-4-6-14;6-5-2-1-4(7)3-8-5;1-3-4-2;/h4*5-6,9-11,22H,2-4,7-8H2,1H3;7-8H,2-6H2,1H3;1-3H;1,3-4H2,2H3;/q;;;;;;-1;+1/t2*16-;;;;;;/m10....../s1. The molecular weight excluding hydrogens is 1550 g/mol. The molecule has 0 spiro atoms. The molecule has 0 aliphatic carbocycles.